The largest absolute Gasteiger partial charge is 0.372 e. The van der Waals surface area contributed by atoms with Gasteiger partial charge < -0.3 is 9.64 Å². The second-order valence-corrected chi connectivity index (χ2v) is 9.24. The summed E-state index contributed by atoms with van der Waals surface area (Å²) in [6.45, 7) is 5.88. The number of morpholine rings is 1. The van der Waals surface area contributed by atoms with Crippen LogP contribution in [0.15, 0.2) is 71.5 Å². The zero-order valence-corrected chi connectivity index (χ0v) is 20.1. The topological polar surface area (TPSA) is 62.0 Å². The Morgan fingerprint density at radius 2 is 1.64 bits per heavy atom. The molecule has 0 amide bonds. The van der Waals surface area contributed by atoms with Crippen LogP contribution >= 0.6 is 15.9 Å². The molecule has 0 saturated carbocycles. The van der Waals surface area contributed by atoms with Gasteiger partial charge in [0.15, 0.2) is 0 Å². The fourth-order valence-electron chi connectivity index (χ4n) is 4.45. The van der Waals surface area contributed by atoms with Crippen LogP contribution in [0.4, 0.5) is 5.82 Å². The summed E-state index contributed by atoms with van der Waals surface area (Å²) in [6, 6.07) is 20.1. The monoisotopic (exact) mass is 498 g/mol. The number of nitrogens with zero attached hydrogens (tertiary/aromatic N) is 4. The first-order chi connectivity index (χ1) is 16.0. The van der Waals surface area contributed by atoms with Crippen molar-refractivity contribution in [3.63, 3.8) is 0 Å². The van der Waals surface area contributed by atoms with Crippen molar-refractivity contribution in [2.45, 2.75) is 26.1 Å². The van der Waals surface area contributed by atoms with Crippen molar-refractivity contribution in [1.29, 1.82) is 5.26 Å². The van der Waals surface area contributed by atoms with E-state index in [1.54, 1.807) is 0 Å². The molecule has 2 atom stereocenters. The molecule has 0 bridgehead atoms. The van der Waals surface area contributed by atoms with E-state index in [-0.39, 0.29) is 12.2 Å². The number of pyridine rings is 2. The Morgan fingerprint density at radius 1 is 0.909 bits per heavy atom. The highest BCUT2D eigenvalue weighted by Crippen LogP contribution is 2.37. The smallest absolute Gasteiger partial charge is 0.128 e. The number of halogens is 1. The number of aromatic nitrogens is 2. The van der Waals surface area contributed by atoms with Crippen molar-refractivity contribution in [2.24, 2.45) is 0 Å². The number of ether oxygens (including phenoxy) is 1. The van der Waals surface area contributed by atoms with Crippen molar-refractivity contribution in [1.82, 2.24) is 9.97 Å². The van der Waals surface area contributed by atoms with E-state index in [0.717, 1.165) is 56.5 Å². The minimum Gasteiger partial charge on any atom is -0.372 e. The molecule has 0 radical (unpaired) electrons. The lowest BCUT2D eigenvalue weighted by Gasteiger charge is -2.36. The summed E-state index contributed by atoms with van der Waals surface area (Å²) in [4.78, 5) is 11.8. The summed E-state index contributed by atoms with van der Waals surface area (Å²) in [5.74, 6) is 0.966. The zero-order valence-electron chi connectivity index (χ0n) is 18.5. The molecule has 0 aliphatic carbocycles. The van der Waals surface area contributed by atoms with Crippen molar-refractivity contribution in [3.05, 3.63) is 77.0 Å². The van der Waals surface area contributed by atoms with E-state index < -0.39 is 0 Å². The van der Waals surface area contributed by atoms with Gasteiger partial charge in [0, 0.05) is 52.0 Å². The van der Waals surface area contributed by atoms with Gasteiger partial charge in [0.25, 0.3) is 0 Å². The molecule has 5 nitrogen and oxygen atoms in total. The molecular weight excluding hydrogens is 476 g/mol. The Kier molecular flexibility index (Phi) is 5.84. The first-order valence-electron chi connectivity index (χ1n) is 11.0. The third-order valence-corrected chi connectivity index (χ3v) is 6.81. The molecule has 33 heavy (non-hydrogen) atoms. The number of benzene rings is 2. The lowest BCUT2D eigenvalue weighted by atomic mass is 9.99. The van der Waals surface area contributed by atoms with Gasteiger partial charge in [-0.15, -0.1) is 0 Å². The molecule has 0 N–H and O–H groups in total. The van der Waals surface area contributed by atoms with Crippen molar-refractivity contribution < 1.29 is 4.74 Å². The van der Waals surface area contributed by atoms with Gasteiger partial charge in [-0.25, -0.2) is 4.98 Å². The van der Waals surface area contributed by atoms with Crippen LogP contribution in [0.2, 0.25) is 0 Å². The van der Waals surface area contributed by atoms with E-state index >= 15 is 0 Å². The predicted octanol–water partition coefficient (Wildman–Crippen LogP) is 6.21. The van der Waals surface area contributed by atoms with E-state index in [2.05, 4.69) is 65.0 Å². The second kappa shape index (κ2) is 8.93. The lowest BCUT2D eigenvalue weighted by molar-refractivity contribution is -0.00545. The maximum absolute atomic E-state index is 9.08. The molecule has 1 fully saturated rings. The molecule has 3 heterocycles. The third kappa shape index (κ3) is 4.22. The molecule has 0 spiro atoms. The predicted molar refractivity (Wildman–Crippen MR) is 135 cm³/mol. The minimum atomic E-state index is 0.194. The second-order valence-electron chi connectivity index (χ2n) is 8.44. The van der Waals surface area contributed by atoms with Gasteiger partial charge in [0.05, 0.1) is 29.4 Å². The first kappa shape index (κ1) is 21.6. The van der Waals surface area contributed by atoms with Gasteiger partial charge in [-0.1, -0.05) is 30.3 Å². The molecule has 2 aromatic heterocycles. The highest BCUT2D eigenvalue weighted by atomic mass is 79.9. The van der Waals surface area contributed by atoms with E-state index in [9.17, 15) is 0 Å². The number of nitriles is 1. The minimum absolute atomic E-state index is 0.194. The van der Waals surface area contributed by atoms with Gasteiger partial charge in [0.1, 0.15) is 5.82 Å². The van der Waals surface area contributed by atoms with Crippen LogP contribution in [0.5, 0.6) is 0 Å². The third-order valence-electron chi connectivity index (χ3n) is 5.96. The van der Waals surface area contributed by atoms with E-state index in [0.29, 0.717) is 5.56 Å². The van der Waals surface area contributed by atoms with Gasteiger partial charge in [-0.2, -0.15) is 5.26 Å². The molecule has 1 saturated heterocycles. The Balaban J connectivity index is 1.49. The van der Waals surface area contributed by atoms with Gasteiger partial charge in [-0.3, -0.25) is 4.98 Å². The average Bonchev–Trinajstić information content (AvgIpc) is 2.84. The number of anilines is 1. The molecule has 1 aliphatic heterocycles. The Labute approximate surface area is 201 Å². The first-order valence-corrected chi connectivity index (χ1v) is 11.8. The molecule has 4 aromatic rings. The van der Waals surface area contributed by atoms with Crippen LogP contribution in [-0.4, -0.2) is 35.3 Å². The summed E-state index contributed by atoms with van der Waals surface area (Å²) in [6.07, 6.45) is 4.20. The standard InChI is InChI=1S/C27H23BrN4O/c1-17-15-32(16-18(2)33-17)25-11-10-21(13-30-25)24-14-31-27-22(4-3-5-23(27)26(24)28)20-8-6-19(12-29)7-9-20/h3-11,13-14,17-18H,15-16H2,1-2H3/t17-,18+. The molecule has 2 aromatic carbocycles. The van der Waals surface area contributed by atoms with Gasteiger partial charge in [0.2, 0.25) is 0 Å². The van der Waals surface area contributed by atoms with Crippen LogP contribution in [-0.2, 0) is 4.74 Å². The van der Waals surface area contributed by atoms with Crippen molar-refractivity contribution in [3.8, 4) is 28.3 Å². The number of hydrogen-bond donors (Lipinski definition) is 0. The van der Waals surface area contributed by atoms with Crippen LogP contribution < -0.4 is 4.90 Å². The molecular formula is C27H23BrN4O. The molecule has 6 heteroatoms. The molecule has 1 aliphatic rings. The summed E-state index contributed by atoms with van der Waals surface area (Å²) >= 11 is 3.82. The normalized spacial score (nSPS) is 18.3. The number of rotatable bonds is 3. The Morgan fingerprint density at radius 3 is 2.30 bits per heavy atom. The number of fused-ring (bicyclic) bond motifs is 1. The maximum Gasteiger partial charge on any atom is 0.128 e. The van der Waals surface area contributed by atoms with Crippen LogP contribution in [0.1, 0.15) is 19.4 Å². The summed E-state index contributed by atoms with van der Waals surface area (Å²) in [7, 11) is 0. The SMILES string of the molecule is C[C@@H]1CN(c2ccc(-c3cnc4c(-c5ccc(C#N)cc5)cccc4c3Br)cn2)C[C@H](C)O1. The number of para-hydroxylation sites is 1. The summed E-state index contributed by atoms with van der Waals surface area (Å²) < 4.78 is 6.83. The van der Waals surface area contributed by atoms with Crippen molar-refractivity contribution >= 4 is 32.7 Å². The van der Waals surface area contributed by atoms with Crippen LogP contribution in [0, 0.1) is 11.3 Å². The zero-order chi connectivity index (χ0) is 22.9. The lowest BCUT2D eigenvalue weighted by Crippen LogP contribution is -2.45. The molecule has 5 rings (SSSR count). The molecule has 164 valence electrons. The summed E-state index contributed by atoms with van der Waals surface area (Å²) in [5.41, 5.74) is 5.64. The number of hydrogen-bond acceptors (Lipinski definition) is 5. The maximum atomic E-state index is 9.08. The summed E-state index contributed by atoms with van der Waals surface area (Å²) in [5, 5.41) is 10.1. The van der Waals surface area contributed by atoms with Gasteiger partial charge in [-0.05, 0) is 59.6 Å². The van der Waals surface area contributed by atoms with Crippen molar-refractivity contribution in [2.75, 3.05) is 18.0 Å². The van der Waals surface area contributed by atoms with E-state index in [1.165, 1.54) is 0 Å². The highest BCUT2D eigenvalue weighted by molar-refractivity contribution is 9.10. The quantitative estimate of drug-likeness (QED) is 0.335. The van der Waals surface area contributed by atoms with E-state index in [4.69, 9.17) is 20.0 Å². The van der Waals surface area contributed by atoms with Crippen LogP contribution in [0.25, 0.3) is 33.2 Å². The van der Waals surface area contributed by atoms with Gasteiger partial charge >= 0.3 is 0 Å². The highest BCUT2D eigenvalue weighted by Gasteiger charge is 2.23. The Bertz CT molecular complexity index is 1340. The molecule has 0 unspecified atom stereocenters. The van der Waals surface area contributed by atoms with Crippen LogP contribution in [0.3, 0.4) is 0 Å². The fraction of sp³-hybridized carbons (Fsp3) is 0.222. The van der Waals surface area contributed by atoms with E-state index in [1.807, 2.05) is 42.7 Å². The fourth-order valence-corrected chi connectivity index (χ4v) is 5.10. The average molecular weight is 499 g/mol. The Hall–Kier alpha value is -3.27.